The molecule has 3 aromatic carbocycles. The third kappa shape index (κ3) is 4.82. The number of hydrogen-bond donors (Lipinski definition) is 0. The van der Waals surface area contributed by atoms with Crippen molar-refractivity contribution in [1.29, 1.82) is 0 Å². The van der Waals surface area contributed by atoms with Crippen LogP contribution < -0.4 is 5.56 Å². The van der Waals surface area contributed by atoms with E-state index in [1.165, 1.54) is 49.4 Å². The first-order chi connectivity index (χ1) is 16.6. The van der Waals surface area contributed by atoms with E-state index in [1.54, 1.807) is 34.9 Å². The van der Waals surface area contributed by atoms with Crippen molar-refractivity contribution < 1.29 is 4.79 Å². The summed E-state index contributed by atoms with van der Waals surface area (Å²) in [5.74, 6) is 0.828. The minimum Gasteiger partial charge on any atom is -0.293 e. The maximum atomic E-state index is 13.3. The van der Waals surface area contributed by atoms with E-state index in [0.717, 1.165) is 0 Å². The van der Waals surface area contributed by atoms with Crippen molar-refractivity contribution in [2.45, 2.75) is 43.2 Å². The number of rotatable bonds is 6. The third-order valence-electron chi connectivity index (χ3n) is 6.47. The van der Waals surface area contributed by atoms with Crippen molar-refractivity contribution >= 4 is 40.0 Å². The van der Waals surface area contributed by atoms with Crippen LogP contribution in [0.5, 0.6) is 0 Å². The summed E-state index contributed by atoms with van der Waals surface area (Å²) in [5, 5.41) is 1.61. The third-order valence-corrected chi connectivity index (χ3v) is 7.66. The van der Waals surface area contributed by atoms with Gasteiger partial charge in [0.25, 0.3) is 5.56 Å². The Hall–Kier alpha value is -2.89. The molecule has 1 fully saturated rings. The number of carbonyl (C=O) groups is 1. The molecule has 0 aliphatic heterocycles. The van der Waals surface area contributed by atoms with E-state index in [4.69, 9.17) is 16.6 Å². The molecule has 1 aliphatic carbocycles. The molecule has 34 heavy (non-hydrogen) atoms. The molecule has 4 nitrogen and oxygen atoms in total. The average molecular weight is 489 g/mol. The first-order valence-corrected chi connectivity index (χ1v) is 13.0. The largest absolute Gasteiger partial charge is 0.293 e. The first kappa shape index (κ1) is 22.9. The number of carbonyl (C=O) groups excluding carboxylic acids is 1. The van der Waals surface area contributed by atoms with E-state index < -0.39 is 0 Å². The molecule has 0 bridgehead atoms. The fourth-order valence-corrected chi connectivity index (χ4v) is 5.65. The molecule has 0 N–H and O–H groups in total. The highest BCUT2D eigenvalue weighted by Crippen LogP contribution is 2.32. The van der Waals surface area contributed by atoms with Gasteiger partial charge in [0, 0.05) is 10.6 Å². The maximum absolute atomic E-state index is 13.3. The molecule has 0 unspecified atom stereocenters. The number of benzene rings is 3. The topological polar surface area (TPSA) is 52.0 Å². The van der Waals surface area contributed by atoms with Gasteiger partial charge in [-0.1, -0.05) is 79.0 Å². The smallest absolute Gasteiger partial charge is 0.266 e. The summed E-state index contributed by atoms with van der Waals surface area (Å²) in [6.45, 7) is 0. The molecule has 1 heterocycles. The summed E-state index contributed by atoms with van der Waals surface area (Å²) in [5.41, 5.74) is 3.13. The van der Waals surface area contributed by atoms with Crippen molar-refractivity contribution in [3.05, 3.63) is 99.3 Å². The van der Waals surface area contributed by atoms with Crippen LogP contribution in [0.1, 0.15) is 53.9 Å². The normalized spacial score (nSPS) is 14.4. The second-order valence-corrected chi connectivity index (χ2v) is 10.1. The lowest BCUT2D eigenvalue weighted by molar-refractivity contribution is 0.102. The monoisotopic (exact) mass is 488 g/mol. The highest BCUT2D eigenvalue weighted by molar-refractivity contribution is 7.99. The van der Waals surface area contributed by atoms with Gasteiger partial charge in [-0.3, -0.25) is 14.2 Å². The van der Waals surface area contributed by atoms with Crippen molar-refractivity contribution in [2.24, 2.45) is 0 Å². The molecular formula is C28H25ClN2O2S. The number of hydrogen-bond acceptors (Lipinski definition) is 4. The molecule has 172 valence electrons. The Morgan fingerprint density at radius 3 is 2.38 bits per heavy atom. The predicted octanol–water partition coefficient (Wildman–Crippen LogP) is 7.06. The second kappa shape index (κ2) is 10.2. The quantitative estimate of drug-likeness (QED) is 0.165. The zero-order valence-corrected chi connectivity index (χ0v) is 20.3. The molecule has 1 aliphatic rings. The van der Waals surface area contributed by atoms with Crippen molar-refractivity contribution in [2.75, 3.05) is 5.75 Å². The standard InChI is InChI=1S/C28H25ClN2O2S/c29-22-14-16-23(17-15-22)31-27(33)24-8-4-5-9-25(24)30-28(31)34-18-26(32)21-12-10-20(11-13-21)19-6-2-1-3-7-19/h4-5,8-17,19H,1-3,6-7,18H2. The number of nitrogens with zero attached hydrogens (tertiary/aromatic N) is 2. The fraction of sp³-hybridized carbons (Fsp3) is 0.250. The molecular weight excluding hydrogens is 464 g/mol. The van der Waals surface area contributed by atoms with E-state index in [2.05, 4.69) is 12.1 Å². The molecule has 1 saturated carbocycles. The Balaban J connectivity index is 1.41. The number of aromatic nitrogens is 2. The summed E-state index contributed by atoms with van der Waals surface area (Å²) >= 11 is 7.33. The van der Waals surface area contributed by atoms with E-state index in [1.807, 2.05) is 30.3 Å². The van der Waals surface area contributed by atoms with Gasteiger partial charge < -0.3 is 0 Å². The number of halogens is 1. The Morgan fingerprint density at radius 2 is 1.65 bits per heavy atom. The first-order valence-electron chi connectivity index (χ1n) is 11.6. The summed E-state index contributed by atoms with van der Waals surface area (Å²) in [6.07, 6.45) is 6.37. The van der Waals surface area contributed by atoms with Crippen molar-refractivity contribution in [3.63, 3.8) is 0 Å². The average Bonchev–Trinajstić information content (AvgIpc) is 2.89. The summed E-state index contributed by atoms with van der Waals surface area (Å²) in [4.78, 5) is 31.0. The van der Waals surface area contributed by atoms with Gasteiger partial charge in [-0.2, -0.15) is 0 Å². The molecule has 4 aromatic rings. The van der Waals surface area contributed by atoms with Gasteiger partial charge in [-0.25, -0.2) is 4.98 Å². The lowest BCUT2D eigenvalue weighted by Gasteiger charge is -2.22. The Morgan fingerprint density at radius 1 is 0.941 bits per heavy atom. The van der Waals surface area contributed by atoms with Crippen molar-refractivity contribution in [3.8, 4) is 5.69 Å². The van der Waals surface area contributed by atoms with E-state index in [9.17, 15) is 9.59 Å². The highest BCUT2D eigenvalue weighted by atomic mass is 35.5. The number of ketones is 1. The van der Waals surface area contributed by atoms with Crippen LogP contribution in [0.2, 0.25) is 5.02 Å². The summed E-state index contributed by atoms with van der Waals surface area (Å²) in [6, 6.07) is 22.4. The van der Waals surface area contributed by atoms with Gasteiger partial charge in [0.05, 0.1) is 22.3 Å². The zero-order valence-electron chi connectivity index (χ0n) is 18.7. The number of fused-ring (bicyclic) bond motifs is 1. The van der Waals surface area contributed by atoms with E-state index >= 15 is 0 Å². The minimum atomic E-state index is -0.167. The maximum Gasteiger partial charge on any atom is 0.266 e. The van der Waals surface area contributed by atoms with Gasteiger partial charge in [-0.05, 0) is 60.7 Å². The van der Waals surface area contributed by atoms with E-state index in [-0.39, 0.29) is 17.1 Å². The molecule has 0 spiro atoms. The van der Waals surface area contributed by atoms with Gasteiger partial charge in [-0.15, -0.1) is 0 Å². The fourth-order valence-electron chi connectivity index (χ4n) is 4.62. The molecule has 0 saturated heterocycles. The predicted molar refractivity (Wildman–Crippen MR) is 140 cm³/mol. The van der Waals surface area contributed by atoms with Gasteiger partial charge in [0.15, 0.2) is 10.9 Å². The number of para-hydroxylation sites is 1. The SMILES string of the molecule is O=C(CSc1nc2ccccc2c(=O)n1-c1ccc(Cl)cc1)c1ccc(C2CCCCC2)cc1. The van der Waals surface area contributed by atoms with Gasteiger partial charge in [0.2, 0.25) is 0 Å². The van der Waals surface area contributed by atoms with Crippen molar-refractivity contribution in [1.82, 2.24) is 9.55 Å². The lowest BCUT2D eigenvalue weighted by Crippen LogP contribution is -2.22. The van der Waals surface area contributed by atoms with Crippen LogP contribution in [0.15, 0.2) is 82.7 Å². The van der Waals surface area contributed by atoms with Gasteiger partial charge >= 0.3 is 0 Å². The number of thioether (sulfide) groups is 1. The van der Waals surface area contributed by atoms with Crippen LogP contribution in [0.4, 0.5) is 0 Å². The van der Waals surface area contributed by atoms with Crippen LogP contribution in [0, 0.1) is 0 Å². The second-order valence-electron chi connectivity index (χ2n) is 8.70. The Bertz CT molecular complexity index is 1370. The molecule has 0 amide bonds. The molecule has 0 radical (unpaired) electrons. The van der Waals surface area contributed by atoms with Crippen LogP contribution in [-0.2, 0) is 0 Å². The number of Topliss-reactive ketones (excluding diaryl/α,β-unsaturated/α-hetero) is 1. The molecule has 6 heteroatoms. The van der Waals surface area contributed by atoms with E-state index in [0.29, 0.717) is 38.3 Å². The lowest BCUT2D eigenvalue weighted by atomic mass is 9.84. The Kier molecular flexibility index (Phi) is 6.84. The summed E-state index contributed by atoms with van der Waals surface area (Å²) < 4.78 is 1.56. The van der Waals surface area contributed by atoms with Gasteiger partial charge in [0.1, 0.15) is 0 Å². The van der Waals surface area contributed by atoms with Crippen LogP contribution in [0.25, 0.3) is 16.6 Å². The zero-order chi connectivity index (χ0) is 23.5. The van der Waals surface area contributed by atoms with Crippen LogP contribution in [0.3, 0.4) is 0 Å². The van der Waals surface area contributed by atoms with Crippen LogP contribution >= 0.6 is 23.4 Å². The molecule has 0 atom stereocenters. The summed E-state index contributed by atoms with van der Waals surface area (Å²) in [7, 11) is 0. The molecule has 5 rings (SSSR count). The minimum absolute atomic E-state index is 0.0188. The molecule has 1 aromatic heterocycles. The highest BCUT2D eigenvalue weighted by Gasteiger charge is 2.18. The Labute approximate surface area is 208 Å². The van der Waals surface area contributed by atoms with Crippen LogP contribution in [-0.4, -0.2) is 21.1 Å².